The van der Waals surface area contributed by atoms with Gasteiger partial charge in [0.15, 0.2) is 5.65 Å². The molecule has 2 aromatic heterocycles. The number of hydrogen-bond donors (Lipinski definition) is 1. The molecule has 0 spiro atoms. The number of benzene rings is 1. The molecule has 3 heterocycles. The van der Waals surface area contributed by atoms with Crippen molar-refractivity contribution >= 4 is 17.4 Å². The lowest BCUT2D eigenvalue weighted by atomic mass is 9.94. The summed E-state index contributed by atoms with van der Waals surface area (Å²) >= 11 is 0. The van der Waals surface area contributed by atoms with Crippen molar-refractivity contribution in [3.05, 3.63) is 53.3 Å². The third-order valence-electron chi connectivity index (χ3n) is 5.90. The van der Waals surface area contributed by atoms with E-state index in [2.05, 4.69) is 20.6 Å². The number of rotatable bonds is 5. The van der Waals surface area contributed by atoms with E-state index in [-0.39, 0.29) is 23.5 Å². The molecule has 4 rings (SSSR count). The molecular formula is C22H25F3N6O. The van der Waals surface area contributed by atoms with Gasteiger partial charge >= 0.3 is 6.18 Å². The first-order valence-electron chi connectivity index (χ1n) is 10.7. The number of alkyl halides is 3. The average Bonchev–Trinajstić information content (AvgIpc) is 3.22. The molecule has 0 unspecified atom stereocenters. The maximum atomic E-state index is 13.1. The van der Waals surface area contributed by atoms with E-state index < -0.39 is 12.0 Å². The summed E-state index contributed by atoms with van der Waals surface area (Å²) in [6.45, 7) is 5.12. The summed E-state index contributed by atoms with van der Waals surface area (Å²) in [6.07, 6.45) is -2.64. The molecule has 32 heavy (non-hydrogen) atoms. The number of aromatic nitrogens is 4. The van der Waals surface area contributed by atoms with Gasteiger partial charge in [0, 0.05) is 19.0 Å². The summed E-state index contributed by atoms with van der Waals surface area (Å²) in [6, 6.07) is 11.2. The Hall–Kier alpha value is -3.17. The summed E-state index contributed by atoms with van der Waals surface area (Å²) in [4.78, 5) is 14.7. The van der Waals surface area contributed by atoms with Crippen molar-refractivity contribution in [2.75, 3.05) is 18.0 Å². The van der Waals surface area contributed by atoms with Crippen molar-refractivity contribution in [2.45, 2.75) is 45.3 Å². The third kappa shape index (κ3) is 4.53. The number of nitrogens with zero attached hydrogens (tertiary/aromatic N) is 5. The van der Waals surface area contributed by atoms with E-state index in [0.717, 1.165) is 16.5 Å². The van der Waals surface area contributed by atoms with E-state index in [1.807, 2.05) is 43.0 Å². The van der Waals surface area contributed by atoms with Crippen molar-refractivity contribution in [3.63, 3.8) is 0 Å². The molecule has 170 valence electrons. The summed E-state index contributed by atoms with van der Waals surface area (Å²) in [5.41, 5.74) is 2.29. The van der Waals surface area contributed by atoms with Gasteiger partial charge < -0.3 is 10.2 Å². The Labute approximate surface area is 183 Å². The van der Waals surface area contributed by atoms with E-state index in [1.54, 1.807) is 6.07 Å². The molecule has 7 nitrogen and oxygen atoms in total. The number of nitrogens with one attached hydrogen (secondary N) is 1. The smallest absolute Gasteiger partial charge is 0.355 e. The van der Waals surface area contributed by atoms with Crippen LogP contribution in [0.5, 0.6) is 0 Å². The monoisotopic (exact) mass is 446 g/mol. The van der Waals surface area contributed by atoms with Crippen LogP contribution in [0.1, 0.15) is 49.2 Å². The van der Waals surface area contributed by atoms with Crippen LogP contribution in [-0.2, 0) is 11.0 Å². The Morgan fingerprint density at radius 2 is 1.81 bits per heavy atom. The van der Waals surface area contributed by atoms with Crippen molar-refractivity contribution in [3.8, 4) is 0 Å². The van der Waals surface area contributed by atoms with Crippen LogP contribution in [0.15, 0.2) is 36.4 Å². The number of fused-ring (bicyclic) bond motifs is 1. The van der Waals surface area contributed by atoms with Crippen LogP contribution in [0.2, 0.25) is 0 Å². The highest BCUT2D eigenvalue weighted by molar-refractivity contribution is 5.79. The second-order valence-corrected chi connectivity index (χ2v) is 8.12. The first kappa shape index (κ1) is 22.0. The van der Waals surface area contributed by atoms with Crippen molar-refractivity contribution in [1.82, 2.24) is 25.1 Å². The topological polar surface area (TPSA) is 75.4 Å². The normalized spacial score (nSPS) is 16.3. The summed E-state index contributed by atoms with van der Waals surface area (Å²) < 4.78 is 40.1. The van der Waals surface area contributed by atoms with Crippen LogP contribution in [0.3, 0.4) is 0 Å². The van der Waals surface area contributed by atoms with Crippen molar-refractivity contribution in [1.29, 1.82) is 0 Å². The van der Waals surface area contributed by atoms with Crippen LogP contribution in [0.4, 0.5) is 19.0 Å². The lowest BCUT2D eigenvalue weighted by molar-refractivity contribution is -0.146. The number of amides is 1. The largest absolute Gasteiger partial charge is 0.453 e. The highest BCUT2D eigenvalue weighted by atomic mass is 19.4. The van der Waals surface area contributed by atoms with Crippen molar-refractivity contribution in [2.24, 2.45) is 5.92 Å². The van der Waals surface area contributed by atoms with E-state index in [9.17, 15) is 18.0 Å². The van der Waals surface area contributed by atoms with Crippen LogP contribution in [0.25, 0.3) is 5.65 Å². The zero-order valence-electron chi connectivity index (χ0n) is 17.9. The lowest BCUT2D eigenvalue weighted by Crippen LogP contribution is -2.42. The molecular weight excluding hydrogens is 421 g/mol. The van der Waals surface area contributed by atoms with Gasteiger partial charge in [0.1, 0.15) is 5.82 Å². The summed E-state index contributed by atoms with van der Waals surface area (Å²) in [7, 11) is 0. The molecule has 0 bridgehead atoms. The fourth-order valence-electron chi connectivity index (χ4n) is 4.00. The molecule has 0 radical (unpaired) electrons. The molecule has 1 N–H and O–H groups in total. The standard InChI is InChI=1S/C22H25F3N6O/c1-3-17(15-6-4-14(2)5-7-15)26-20(32)16-10-12-30(13-11-16)19-9-8-18-27-28-21(22(23,24)25)31(18)29-19/h4-9,16-17H,3,10-13H2,1-2H3,(H,26,32)/t17-/m0/s1. The first-order valence-corrected chi connectivity index (χ1v) is 10.7. The highest BCUT2D eigenvalue weighted by Crippen LogP contribution is 2.29. The number of halogens is 3. The lowest BCUT2D eigenvalue weighted by Gasteiger charge is -2.32. The fraction of sp³-hybridized carbons (Fsp3) is 0.455. The number of carbonyl (C=O) groups excluding carboxylic acids is 1. The van der Waals surface area contributed by atoms with Crippen LogP contribution in [0, 0.1) is 12.8 Å². The first-order chi connectivity index (χ1) is 15.3. The minimum absolute atomic E-state index is 0.0126. The molecule has 1 amide bonds. The minimum Gasteiger partial charge on any atom is -0.355 e. The summed E-state index contributed by atoms with van der Waals surface area (Å²) in [5, 5.41) is 14.0. The third-order valence-corrected chi connectivity index (χ3v) is 5.90. The Bertz CT molecular complexity index is 1090. The number of hydrogen-bond acceptors (Lipinski definition) is 5. The molecule has 1 aromatic carbocycles. The SMILES string of the molecule is CC[C@H](NC(=O)C1CCN(c2ccc3nnc(C(F)(F)F)n3n2)CC1)c1ccc(C)cc1. The summed E-state index contributed by atoms with van der Waals surface area (Å²) in [5.74, 6) is -0.869. The number of carbonyl (C=O) groups is 1. The predicted molar refractivity (Wildman–Crippen MR) is 113 cm³/mol. The zero-order chi connectivity index (χ0) is 22.9. The molecule has 1 atom stereocenters. The van der Waals surface area contributed by atoms with E-state index in [4.69, 9.17) is 0 Å². The molecule has 1 saturated heterocycles. The van der Waals surface area contributed by atoms with Crippen LogP contribution < -0.4 is 10.2 Å². The molecule has 0 aliphatic carbocycles. The molecule has 1 aliphatic heterocycles. The number of anilines is 1. The van der Waals surface area contributed by atoms with Gasteiger partial charge in [-0.2, -0.15) is 17.7 Å². The maximum absolute atomic E-state index is 13.1. The highest BCUT2D eigenvalue weighted by Gasteiger charge is 2.38. The van der Waals surface area contributed by atoms with Gasteiger partial charge in [-0.3, -0.25) is 4.79 Å². The second-order valence-electron chi connectivity index (χ2n) is 8.12. The quantitative estimate of drug-likeness (QED) is 0.643. The Morgan fingerprint density at radius 3 is 2.44 bits per heavy atom. The Morgan fingerprint density at radius 1 is 1.12 bits per heavy atom. The van der Waals surface area contributed by atoms with Crippen molar-refractivity contribution < 1.29 is 18.0 Å². The van der Waals surface area contributed by atoms with Gasteiger partial charge in [0.2, 0.25) is 5.91 Å². The molecule has 3 aromatic rings. The Kier molecular flexibility index (Phi) is 6.03. The minimum atomic E-state index is -4.64. The maximum Gasteiger partial charge on any atom is 0.453 e. The number of aryl methyl sites for hydroxylation is 1. The van der Waals surface area contributed by atoms with Gasteiger partial charge in [-0.15, -0.1) is 15.3 Å². The van der Waals surface area contributed by atoms with E-state index in [0.29, 0.717) is 31.7 Å². The van der Waals surface area contributed by atoms with Gasteiger partial charge in [0.05, 0.1) is 6.04 Å². The van der Waals surface area contributed by atoms with E-state index >= 15 is 0 Å². The molecule has 10 heteroatoms. The molecule has 1 aliphatic rings. The van der Waals surface area contributed by atoms with Gasteiger partial charge in [-0.1, -0.05) is 36.8 Å². The van der Waals surface area contributed by atoms with Gasteiger partial charge in [0.25, 0.3) is 5.82 Å². The average molecular weight is 446 g/mol. The number of piperidine rings is 1. The molecule has 0 saturated carbocycles. The fourth-order valence-corrected chi connectivity index (χ4v) is 4.00. The zero-order valence-corrected chi connectivity index (χ0v) is 17.9. The van der Waals surface area contributed by atoms with E-state index in [1.165, 1.54) is 11.6 Å². The van der Waals surface area contributed by atoms with Gasteiger partial charge in [-0.25, -0.2) is 0 Å². The van der Waals surface area contributed by atoms with Crippen LogP contribution >= 0.6 is 0 Å². The van der Waals surface area contributed by atoms with Gasteiger partial charge in [-0.05, 0) is 43.9 Å². The molecule has 1 fully saturated rings. The predicted octanol–water partition coefficient (Wildman–Crippen LogP) is 3.94. The second kappa shape index (κ2) is 8.76. The van der Waals surface area contributed by atoms with Crippen LogP contribution in [-0.4, -0.2) is 38.8 Å². The Balaban J connectivity index is 1.40.